The first kappa shape index (κ1) is 17.9. The van der Waals surface area contributed by atoms with Crippen LogP contribution in [0.15, 0.2) is 53.4 Å². The van der Waals surface area contributed by atoms with Crippen molar-refractivity contribution in [3.63, 3.8) is 0 Å². The lowest BCUT2D eigenvalue weighted by molar-refractivity contribution is 0.521. The fourth-order valence-corrected chi connectivity index (χ4v) is 3.10. The van der Waals surface area contributed by atoms with Gasteiger partial charge in [-0.1, -0.05) is 18.2 Å². The van der Waals surface area contributed by atoms with Gasteiger partial charge in [-0.2, -0.15) is 5.26 Å². The van der Waals surface area contributed by atoms with Gasteiger partial charge in [-0.3, -0.25) is 0 Å². The second kappa shape index (κ2) is 7.40. The first-order valence-corrected chi connectivity index (χ1v) is 8.79. The molecule has 0 aromatic heterocycles. The third-order valence-corrected chi connectivity index (χ3v) is 5.18. The summed E-state index contributed by atoms with van der Waals surface area (Å²) in [5.41, 5.74) is 1.57. The van der Waals surface area contributed by atoms with Gasteiger partial charge >= 0.3 is 0 Å². The van der Waals surface area contributed by atoms with Crippen LogP contribution in [0.2, 0.25) is 0 Å². The van der Waals surface area contributed by atoms with Gasteiger partial charge in [-0.25, -0.2) is 12.7 Å². The Bertz CT molecular complexity index is 902. The summed E-state index contributed by atoms with van der Waals surface area (Å²) in [4.78, 5) is 0.165. The van der Waals surface area contributed by atoms with Crippen molar-refractivity contribution in [2.24, 2.45) is 0 Å². The predicted molar refractivity (Wildman–Crippen MR) is 98.3 cm³/mol. The minimum atomic E-state index is -3.52. The number of hydrogen-bond donors (Lipinski definition) is 2. The number of para-hydroxylation sites is 1. The van der Waals surface area contributed by atoms with E-state index in [9.17, 15) is 8.42 Å². The van der Waals surface area contributed by atoms with Crippen LogP contribution >= 0.6 is 12.2 Å². The van der Waals surface area contributed by atoms with Crippen LogP contribution < -0.4 is 10.6 Å². The molecular weight excluding hydrogens is 344 g/mol. The number of benzene rings is 2. The monoisotopic (exact) mass is 360 g/mol. The van der Waals surface area contributed by atoms with Crippen LogP contribution in [0.25, 0.3) is 0 Å². The lowest BCUT2D eigenvalue weighted by Gasteiger charge is -2.14. The summed E-state index contributed by atoms with van der Waals surface area (Å²) >= 11 is 5.22. The molecule has 0 unspecified atom stereocenters. The van der Waals surface area contributed by atoms with E-state index in [0.29, 0.717) is 16.9 Å². The van der Waals surface area contributed by atoms with Gasteiger partial charge in [0.2, 0.25) is 10.0 Å². The third-order valence-electron chi connectivity index (χ3n) is 3.17. The molecule has 6 nitrogen and oxygen atoms in total. The molecule has 0 bridgehead atoms. The average Bonchev–Trinajstić information content (AvgIpc) is 2.55. The van der Waals surface area contributed by atoms with E-state index >= 15 is 0 Å². The number of nitrogens with zero attached hydrogens (tertiary/aromatic N) is 2. The van der Waals surface area contributed by atoms with Crippen LogP contribution in [0.4, 0.5) is 11.4 Å². The lowest BCUT2D eigenvalue weighted by atomic mass is 10.2. The van der Waals surface area contributed by atoms with Crippen molar-refractivity contribution in [3.05, 3.63) is 54.1 Å². The van der Waals surface area contributed by atoms with Gasteiger partial charge in [-0.05, 0) is 42.5 Å². The minimum Gasteiger partial charge on any atom is -0.332 e. The topological polar surface area (TPSA) is 85.2 Å². The van der Waals surface area contributed by atoms with Crippen molar-refractivity contribution >= 4 is 38.7 Å². The molecule has 0 spiro atoms. The number of nitrogens with one attached hydrogen (secondary N) is 2. The highest BCUT2D eigenvalue weighted by atomic mass is 32.2. The van der Waals surface area contributed by atoms with Crippen LogP contribution in [0.5, 0.6) is 0 Å². The Hall–Kier alpha value is -2.47. The molecule has 2 rings (SSSR count). The van der Waals surface area contributed by atoms with E-state index in [1.807, 2.05) is 0 Å². The molecule has 2 N–H and O–H groups in total. The van der Waals surface area contributed by atoms with Crippen molar-refractivity contribution in [3.8, 4) is 6.07 Å². The molecule has 0 saturated carbocycles. The minimum absolute atomic E-state index is 0.165. The Morgan fingerprint density at radius 2 is 1.83 bits per heavy atom. The van der Waals surface area contributed by atoms with E-state index in [1.165, 1.54) is 26.2 Å². The Balaban J connectivity index is 2.17. The van der Waals surface area contributed by atoms with Crippen molar-refractivity contribution in [1.29, 1.82) is 5.26 Å². The summed E-state index contributed by atoms with van der Waals surface area (Å²) in [6.07, 6.45) is 0. The van der Waals surface area contributed by atoms with Crippen LogP contribution in [-0.4, -0.2) is 31.9 Å². The second-order valence-electron chi connectivity index (χ2n) is 5.05. The molecule has 0 fully saturated rings. The van der Waals surface area contributed by atoms with Gasteiger partial charge < -0.3 is 10.6 Å². The molecular formula is C16H16N4O2S2. The molecule has 2 aromatic rings. The molecule has 2 aromatic carbocycles. The summed E-state index contributed by atoms with van der Waals surface area (Å²) in [5, 5.41) is 15.2. The highest BCUT2D eigenvalue weighted by Crippen LogP contribution is 2.19. The fourth-order valence-electron chi connectivity index (χ4n) is 1.92. The molecule has 24 heavy (non-hydrogen) atoms. The molecule has 0 heterocycles. The number of anilines is 2. The van der Waals surface area contributed by atoms with Gasteiger partial charge in [0, 0.05) is 19.8 Å². The fraction of sp³-hybridized carbons (Fsp3) is 0.125. The molecule has 0 amide bonds. The summed E-state index contributed by atoms with van der Waals surface area (Å²) in [7, 11) is -0.573. The summed E-state index contributed by atoms with van der Waals surface area (Å²) in [6, 6.07) is 15.4. The maximum absolute atomic E-state index is 12.2. The third kappa shape index (κ3) is 4.08. The zero-order valence-corrected chi connectivity index (χ0v) is 14.8. The van der Waals surface area contributed by atoms with Gasteiger partial charge in [0.25, 0.3) is 0 Å². The van der Waals surface area contributed by atoms with Gasteiger partial charge in [0.1, 0.15) is 6.07 Å². The number of nitriles is 1. The molecule has 0 aliphatic heterocycles. The van der Waals surface area contributed by atoms with Crippen molar-refractivity contribution in [1.82, 2.24) is 4.31 Å². The number of rotatable bonds is 4. The molecule has 0 saturated heterocycles. The van der Waals surface area contributed by atoms with E-state index in [0.717, 1.165) is 4.31 Å². The van der Waals surface area contributed by atoms with Crippen molar-refractivity contribution in [2.75, 3.05) is 24.7 Å². The van der Waals surface area contributed by atoms with Gasteiger partial charge in [-0.15, -0.1) is 0 Å². The summed E-state index contributed by atoms with van der Waals surface area (Å²) in [6.45, 7) is 0. The smallest absolute Gasteiger partial charge is 0.242 e. The quantitative estimate of drug-likeness (QED) is 0.815. The normalized spacial score (nSPS) is 10.9. The van der Waals surface area contributed by atoms with Crippen LogP contribution in [0.3, 0.4) is 0 Å². The second-order valence-corrected chi connectivity index (χ2v) is 7.61. The maximum Gasteiger partial charge on any atom is 0.242 e. The number of sulfonamides is 1. The van der Waals surface area contributed by atoms with Crippen LogP contribution in [0.1, 0.15) is 5.56 Å². The maximum atomic E-state index is 12.2. The summed E-state index contributed by atoms with van der Waals surface area (Å²) < 4.78 is 25.5. The number of thiocarbonyl (C=S) groups is 1. The Morgan fingerprint density at radius 3 is 2.50 bits per heavy atom. The summed E-state index contributed by atoms with van der Waals surface area (Å²) in [5.74, 6) is 0. The van der Waals surface area contributed by atoms with E-state index < -0.39 is 10.0 Å². The zero-order chi connectivity index (χ0) is 17.7. The van der Waals surface area contributed by atoms with Crippen LogP contribution in [0, 0.1) is 11.3 Å². The van der Waals surface area contributed by atoms with Gasteiger partial charge in [0.15, 0.2) is 5.11 Å². The van der Waals surface area contributed by atoms with Crippen LogP contribution in [-0.2, 0) is 10.0 Å². The SMILES string of the molecule is CN(C)S(=O)(=O)c1cccc(NC(=S)Nc2ccccc2C#N)c1. The Morgan fingerprint density at radius 1 is 1.12 bits per heavy atom. The lowest BCUT2D eigenvalue weighted by Crippen LogP contribution is -2.23. The first-order valence-electron chi connectivity index (χ1n) is 6.94. The van der Waals surface area contributed by atoms with E-state index in [1.54, 1.807) is 36.4 Å². The molecule has 0 radical (unpaired) electrons. The highest BCUT2D eigenvalue weighted by Gasteiger charge is 2.17. The first-order chi connectivity index (χ1) is 11.3. The molecule has 0 aliphatic carbocycles. The highest BCUT2D eigenvalue weighted by molar-refractivity contribution is 7.89. The van der Waals surface area contributed by atoms with E-state index in [4.69, 9.17) is 17.5 Å². The Kier molecular flexibility index (Phi) is 5.51. The standard InChI is InChI=1S/C16H16N4O2S2/c1-20(2)24(21,22)14-8-5-7-13(10-14)18-16(23)19-15-9-4-3-6-12(15)11-17/h3-10H,1-2H3,(H2,18,19,23). The molecule has 124 valence electrons. The largest absolute Gasteiger partial charge is 0.332 e. The Labute approximate surface area is 146 Å². The average molecular weight is 360 g/mol. The van der Waals surface area contributed by atoms with E-state index in [-0.39, 0.29) is 10.0 Å². The molecule has 8 heteroatoms. The number of hydrogen-bond acceptors (Lipinski definition) is 4. The van der Waals surface area contributed by atoms with Crippen molar-refractivity contribution < 1.29 is 8.42 Å². The molecule has 0 aliphatic rings. The predicted octanol–water partition coefficient (Wildman–Crippen LogP) is 2.62. The molecule has 0 atom stereocenters. The van der Waals surface area contributed by atoms with Crippen molar-refractivity contribution in [2.45, 2.75) is 4.90 Å². The van der Waals surface area contributed by atoms with E-state index in [2.05, 4.69) is 16.7 Å². The zero-order valence-electron chi connectivity index (χ0n) is 13.1. The van der Waals surface area contributed by atoms with Gasteiger partial charge in [0.05, 0.1) is 16.1 Å².